The Bertz CT molecular complexity index is 851. The van der Waals surface area contributed by atoms with E-state index in [1.807, 2.05) is 0 Å². The summed E-state index contributed by atoms with van der Waals surface area (Å²) in [6.07, 6.45) is 4.64. The van der Waals surface area contributed by atoms with E-state index in [0.29, 0.717) is 35.2 Å². The number of benzene rings is 1. The fourth-order valence-corrected chi connectivity index (χ4v) is 4.38. The van der Waals surface area contributed by atoms with Crippen molar-refractivity contribution in [3.8, 4) is 0 Å². The van der Waals surface area contributed by atoms with Crippen LogP contribution in [0.4, 0.5) is 15.8 Å². The summed E-state index contributed by atoms with van der Waals surface area (Å²) >= 11 is 1.33. The molecule has 0 saturated heterocycles. The summed E-state index contributed by atoms with van der Waals surface area (Å²) < 4.78 is 13.8. The molecule has 130 valence electrons. The molecule has 0 spiro atoms. The normalized spacial score (nSPS) is 25.4. The van der Waals surface area contributed by atoms with Gasteiger partial charge in [-0.05, 0) is 51.0 Å². The number of anilines is 2. The number of nitrogens with one attached hydrogen (secondary N) is 1. The highest BCUT2D eigenvalue weighted by molar-refractivity contribution is 8.00. The quantitative estimate of drug-likeness (QED) is 0.823. The Kier molecular flexibility index (Phi) is 3.54. The number of thioether (sulfide) groups is 1. The zero-order valence-corrected chi connectivity index (χ0v) is 14.8. The van der Waals surface area contributed by atoms with E-state index in [2.05, 4.69) is 5.32 Å². The lowest BCUT2D eigenvalue weighted by atomic mass is 9.93. The molecule has 2 heterocycles. The lowest BCUT2D eigenvalue weighted by Crippen LogP contribution is -2.33. The first kappa shape index (κ1) is 16.3. The van der Waals surface area contributed by atoms with Gasteiger partial charge in [-0.2, -0.15) is 0 Å². The second kappa shape index (κ2) is 5.42. The molecule has 1 unspecified atom stereocenters. The molecule has 1 atom stereocenters. The van der Waals surface area contributed by atoms with E-state index >= 15 is 0 Å². The van der Waals surface area contributed by atoms with Gasteiger partial charge >= 0.3 is 0 Å². The molecule has 25 heavy (non-hydrogen) atoms. The summed E-state index contributed by atoms with van der Waals surface area (Å²) in [5.74, 6) is -1.78. The maximum Gasteiger partial charge on any atom is 0.261 e. The Morgan fingerprint density at radius 1 is 1.12 bits per heavy atom. The van der Waals surface area contributed by atoms with Crippen LogP contribution in [0.3, 0.4) is 0 Å². The maximum absolute atomic E-state index is 14.7. The first-order chi connectivity index (χ1) is 11.9. The van der Waals surface area contributed by atoms with E-state index in [1.54, 1.807) is 13.2 Å². The van der Waals surface area contributed by atoms with Gasteiger partial charge in [0.2, 0.25) is 5.91 Å². The van der Waals surface area contributed by atoms with Crippen molar-refractivity contribution < 1.29 is 18.8 Å². The van der Waals surface area contributed by atoms with Crippen molar-refractivity contribution in [2.24, 2.45) is 0 Å². The van der Waals surface area contributed by atoms with E-state index < -0.39 is 22.4 Å². The van der Waals surface area contributed by atoms with E-state index in [9.17, 15) is 18.8 Å². The monoisotopic (exact) mass is 360 g/mol. The fourth-order valence-electron chi connectivity index (χ4n) is 3.76. The van der Waals surface area contributed by atoms with Crippen LogP contribution in [0.2, 0.25) is 0 Å². The van der Waals surface area contributed by atoms with E-state index in [0.717, 1.165) is 17.7 Å². The zero-order chi connectivity index (χ0) is 17.9. The molecule has 3 amide bonds. The molecule has 0 radical (unpaired) electrons. The third-order valence-electron chi connectivity index (χ3n) is 5.32. The Labute approximate surface area is 148 Å². The number of carbonyl (C=O) groups is 3. The molecule has 1 N–H and O–H groups in total. The summed E-state index contributed by atoms with van der Waals surface area (Å²) in [6, 6.07) is 2.66. The highest BCUT2D eigenvalue weighted by atomic mass is 32.2. The number of carbonyl (C=O) groups excluding carboxylic acids is 3. The Morgan fingerprint density at radius 2 is 1.72 bits per heavy atom. The predicted octanol–water partition coefficient (Wildman–Crippen LogP) is 3.10. The Morgan fingerprint density at radius 3 is 2.28 bits per heavy atom. The average molecular weight is 360 g/mol. The highest BCUT2D eigenvalue weighted by Gasteiger charge is 2.45. The number of hydrogen-bond acceptors (Lipinski definition) is 4. The van der Waals surface area contributed by atoms with Gasteiger partial charge in [0, 0.05) is 22.4 Å². The summed E-state index contributed by atoms with van der Waals surface area (Å²) in [5.41, 5.74) is 1.93. The summed E-state index contributed by atoms with van der Waals surface area (Å²) in [5, 5.41) is 2.67. The number of hydrogen-bond donors (Lipinski definition) is 1. The van der Waals surface area contributed by atoms with Gasteiger partial charge in [0.05, 0.1) is 5.69 Å². The van der Waals surface area contributed by atoms with E-state index in [4.69, 9.17) is 0 Å². The van der Waals surface area contributed by atoms with E-state index in [-0.39, 0.29) is 11.6 Å². The van der Waals surface area contributed by atoms with Gasteiger partial charge in [-0.15, -0.1) is 11.8 Å². The topological polar surface area (TPSA) is 66.5 Å². The lowest BCUT2D eigenvalue weighted by molar-refractivity contribution is -0.121. The molecule has 0 fully saturated rings. The van der Waals surface area contributed by atoms with Gasteiger partial charge < -0.3 is 5.32 Å². The number of fused-ring (bicyclic) bond motifs is 1. The minimum absolute atomic E-state index is 0.0695. The summed E-state index contributed by atoms with van der Waals surface area (Å²) in [4.78, 5) is 38.6. The number of imide groups is 1. The van der Waals surface area contributed by atoms with Crippen LogP contribution in [0.5, 0.6) is 0 Å². The van der Waals surface area contributed by atoms with Gasteiger partial charge in [0.15, 0.2) is 0 Å². The molecule has 2 aliphatic heterocycles. The average Bonchev–Trinajstić information content (AvgIpc) is 3.00. The minimum Gasteiger partial charge on any atom is -0.324 e. The van der Waals surface area contributed by atoms with Crippen LogP contribution in [0.15, 0.2) is 23.3 Å². The van der Waals surface area contributed by atoms with Crippen molar-refractivity contribution in [3.05, 3.63) is 34.7 Å². The molecule has 1 aliphatic carbocycles. The molecular formula is C18H17FN2O3S. The van der Waals surface area contributed by atoms with Crippen molar-refractivity contribution in [3.63, 3.8) is 0 Å². The van der Waals surface area contributed by atoms with Crippen LogP contribution < -0.4 is 10.2 Å². The van der Waals surface area contributed by atoms with Gasteiger partial charge in [0.25, 0.3) is 11.8 Å². The molecule has 1 aromatic carbocycles. The van der Waals surface area contributed by atoms with Gasteiger partial charge in [0.1, 0.15) is 10.6 Å². The summed E-state index contributed by atoms with van der Waals surface area (Å²) in [7, 11) is 0. The van der Waals surface area contributed by atoms with Crippen LogP contribution in [-0.2, 0) is 19.1 Å². The van der Waals surface area contributed by atoms with Crippen molar-refractivity contribution >= 4 is 40.9 Å². The first-order valence-corrected chi connectivity index (χ1v) is 9.42. The van der Waals surface area contributed by atoms with Gasteiger partial charge in [-0.1, -0.05) is 0 Å². The van der Waals surface area contributed by atoms with Crippen LogP contribution in [0.25, 0.3) is 0 Å². The van der Waals surface area contributed by atoms with Gasteiger partial charge in [-0.25, -0.2) is 9.29 Å². The second-order valence-electron chi connectivity index (χ2n) is 6.65. The molecule has 0 bridgehead atoms. The smallest absolute Gasteiger partial charge is 0.261 e. The molecule has 0 aromatic heterocycles. The fraction of sp³-hybridized carbons (Fsp3) is 0.389. The van der Waals surface area contributed by atoms with E-state index in [1.165, 1.54) is 23.9 Å². The Hall–Kier alpha value is -2.15. The maximum atomic E-state index is 14.7. The minimum atomic E-state index is -0.878. The number of nitrogens with zero attached hydrogens (tertiary/aromatic N) is 1. The first-order valence-electron chi connectivity index (χ1n) is 8.20. The zero-order valence-electron chi connectivity index (χ0n) is 13.9. The molecule has 5 nitrogen and oxygen atoms in total. The lowest BCUT2D eigenvalue weighted by Gasteiger charge is -2.22. The SMILES string of the molecule is CSC1(C)C(=O)Nc2cc(F)c(N3C(=O)C4=C(CCCC4)C3=O)cc21. The molecular weight excluding hydrogens is 343 g/mol. The van der Waals surface area contributed by atoms with Crippen LogP contribution in [-0.4, -0.2) is 24.0 Å². The third kappa shape index (κ3) is 2.11. The number of amides is 3. The number of rotatable bonds is 2. The molecule has 0 saturated carbocycles. The van der Waals surface area contributed by atoms with Crippen molar-refractivity contribution in [2.75, 3.05) is 16.5 Å². The molecule has 1 aromatic rings. The van der Waals surface area contributed by atoms with Crippen molar-refractivity contribution in [2.45, 2.75) is 37.4 Å². The largest absolute Gasteiger partial charge is 0.324 e. The van der Waals surface area contributed by atoms with Gasteiger partial charge in [-0.3, -0.25) is 14.4 Å². The van der Waals surface area contributed by atoms with Crippen molar-refractivity contribution in [1.82, 2.24) is 0 Å². The second-order valence-corrected chi connectivity index (χ2v) is 7.88. The standard InChI is InChI=1S/C18H17FN2O3S/c1-18(25-2)11-7-14(12(19)8-13(11)20-17(18)24)21-15(22)9-5-3-4-6-10(9)16(21)23/h7-8H,3-6H2,1-2H3,(H,20,24). The highest BCUT2D eigenvalue weighted by Crippen LogP contribution is 2.47. The third-order valence-corrected chi connectivity index (χ3v) is 6.54. The van der Waals surface area contributed by atoms with Crippen LogP contribution >= 0.6 is 11.8 Å². The van der Waals surface area contributed by atoms with Crippen LogP contribution in [0, 0.1) is 5.82 Å². The predicted molar refractivity (Wildman–Crippen MR) is 93.9 cm³/mol. The molecule has 3 aliphatic rings. The summed E-state index contributed by atoms with van der Waals surface area (Å²) in [6.45, 7) is 1.75. The molecule has 4 rings (SSSR count). The number of halogens is 1. The van der Waals surface area contributed by atoms with Crippen LogP contribution in [0.1, 0.15) is 38.2 Å². The van der Waals surface area contributed by atoms with Crippen molar-refractivity contribution in [1.29, 1.82) is 0 Å². The molecule has 7 heteroatoms. The Balaban J connectivity index is 1.82.